The molecule has 1 aliphatic heterocycles. The SMILES string of the molecule is Cn1nccc1C1CCCN(c2cc(N)ncn2)C1. The Morgan fingerprint density at radius 2 is 2.26 bits per heavy atom. The second-order valence-electron chi connectivity index (χ2n) is 4.97. The second kappa shape index (κ2) is 4.87. The molecule has 0 radical (unpaired) electrons. The Hall–Kier alpha value is -2.11. The van der Waals surface area contributed by atoms with Gasteiger partial charge in [-0.2, -0.15) is 5.10 Å². The van der Waals surface area contributed by atoms with Gasteiger partial charge in [-0.1, -0.05) is 0 Å². The summed E-state index contributed by atoms with van der Waals surface area (Å²) in [5.74, 6) is 1.93. The number of aromatic nitrogens is 4. The smallest absolute Gasteiger partial charge is 0.134 e. The van der Waals surface area contributed by atoms with Crippen LogP contribution in [0, 0.1) is 0 Å². The molecule has 1 aliphatic rings. The fourth-order valence-electron chi connectivity index (χ4n) is 2.75. The molecule has 2 aromatic rings. The summed E-state index contributed by atoms with van der Waals surface area (Å²) in [6, 6.07) is 3.94. The van der Waals surface area contributed by atoms with Crippen LogP contribution in [-0.4, -0.2) is 32.8 Å². The minimum atomic E-state index is 0.498. The van der Waals surface area contributed by atoms with Crippen molar-refractivity contribution in [1.29, 1.82) is 0 Å². The van der Waals surface area contributed by atoms with Crippen LogP contribution in [0.4, 0.5) is 11.6 Å². The Morgan fingerprint density at radius 3 is 3.00 bits per heavy atom. The lowest BCUT2D eigenvalue weighted by Crippen LogP contribution is -2.35. The Morgan fingerprint density at radius 1 is 1.37 bits per heavy atom. The van der Waals surface area contributed by atoms with E-state index < -0.39 is 0 Å². The van der Waals surface area contributed by atoms with Crippen LogP contribution in [0.25, 0.3) is 0 Å². The molecule has 2 N–H and O–H groups in total. The zero-order chi connectivity index (χ0) is 13.2. The lowest BCUT2D eigenvalue weighted by molar-refractivity contribution is 0.480. The van der Waals surface area contributed by atoms with Gasteiger partial charge in [-0.25, -0.2) is 9.97 Å². The number of rotatable bonds is 2. The molecule has 2 aromatic heterocycles. The van der Waals surface area contributed by atoms with E-state index in [1.54, 1.807) is 0 Å². The molecule has 0 bridgehead atoms. The summed E-state index contributed by atoms with van der Waals surface area (Å²) in [4.78, 5) is 10.5. The van der Waals surface area contributed by atoms with Gasteiger partial charge in [0.25, 0.3) is 0 Å². The lowest BCUT2D eigenvalue weighted by atomic mass is 9.94. The Bertz CT molecular complexity index is 564. The molecule has 1 saturated heterocycles. The van der Waals surface area contributed by atoms with E-state index in [0.29, 0.717) is 11.7 Å². The number of nitrogen functional groups attached to an aromatic ring is 1. The number of aryl methyl sites for hydroxylation is 1. The van der Waals surface area contributed by atoms with Gasteiger partial charge < -0.3 is 10.6 Å². The van der Waals surface area contributed by atoms with Gasteiger partial charge in [0.2, 0.25) is 0 Å². The highest BCUT2D eigenvalue weighted by Crippen LogP contribution is 2.28. The van der Waals surface area contributed by atoms with Gasteiger partial charge in [-0.15, -0.1) is 0 Å². The fourth-order valence-corrected chi connectivity index (χ4v) is 2.75. The van der Waals surface area contributed by atoms with Gasteiger partial charge in [-0.3, -0.25) is 4.68 Å². The summed E-state index contributed by atoms with van der Waals surface area (Å²) in [7, 11) is 2.00. The van der Waals surface area contributed by atoms with Gasteiger partial charge in [0.15, 0.2) is 0 Å². The molecule has 0 spiro atoms. The quantitative estimate of drug-likeness (QED) is 0.875. The normalized spacial score (nSPS) is 19.6. The largest absolute Gasteiger partial charge is 0.384 e. The number of hydrogen-bond acceptors (Lipinski definition) is 5. The van der Waals surface area contributed by atoms with E-state index >= 15 is 0 Å². The Labute approximate surface area is 112 Å². The van der Waals surface area contributed by atoms with E-state index in [9.17, 15) is 0 Å². The fraction of sp³-hybridized carbons (Fsp3) is 0.462. The van der Waals surface area contributed by atoms with Crippen LogP contribution in [-0.2, 0) is 7.05 Å². The third-order valence-corrected chi connectivity index (χ3v) is 3.70. The number of nitrogens with zero attached hydrogens (tertiary/aromatic N) is 5. The third-order valence-electron chi connectivity index (χ3n) is 3.70. The minimum absolute atomic E-state index is 0.498. The maximum Gasteiger partial charge on any atom is 0.134 e. The molecular formula is C13H18N6. The van der Waals surface area contributed by atoms with Crippen molar-refractivity contribution in [3.05, 3.63) is 30.4 Å². The second-order valence-corrected chi connectivity index (χ2v) is 4.97. The Kier molecular flexibility index (Phi) is 3.06. The highest BCUT2D eigenvalue weighted by atomic mass is 15.3. The highest BCUT2D eigenvalue weighted by Gasteiger charge is 2.24. The van der Waals surface area contributed by atoms with Crippen molar-refractivity contribution < 1.29 is 0 Å². The average Bonchev–Trinajstić information content (AvgIpc) is 2.85. The van der Waals surface area contributed by atoms with E-state index in [2.05, 4.69) is 26.0 Å². The molecule has 1 fully saturated rings. The zero-order valence-electron chi connectivity index (χ0n) is 11.0. The van der Waals surface area contributed by atoms with E-state index in [1.807, 2.05) is 24.0 Å². The standard InChI is InChI=1S/C13H18N6/c1-18-11(4-5-17-18)10-3-2-6-19(8-10)13-7-12(14)15-9-16-13/h4-5,7,9-10H,2-3,6,8H2,1H3,(H2,14,15,16). The summed E-state index contributed by atoms with van der Waals surface area (Å²) in [5, 5.41) is 4.26. The number of piperidine rings is 1. The van der Waals surface area contributed by atoms with E-state index in [0.717, 1.165) is 25.3 Å². The van der Waals surface area contributed by atoms with E-state index in [1.165, 1.54) is 18.4 Å². The van der Waals surface area contributed by atoms with Crippen LogP contribution in [0.1, 0.15) is 24.5 Å². The summed E-state index contributed by atoms with van der Waals surface area (Å²) in [6.45, 7) is 1.97. The van der Waals surface area contributed by atoms with Gasteiger partial charge >= 0.3 is 0 Å². The molecule has 100 valence electrons. The molecule has 0 aromatic carbocycles. The van der Waals surface area contributed by atoms with Crippen LogP contribution in [0.2, 0.25) is 0 Å². The first kappa shape index (κ1) is 12.0. The first-order valence-electron chi connectivity index (χ1n) is 6.54. The predicted molar refractivity (Wildman–Crippen MR) is 73.8 cm³/mol. The summed E-state index contributed by atoms with van der Waals surface area (Å²) in [6.07, 6.45) is 5.73. The van der Waals surface area contributed by atoms with Crippen molar-refractivity contribution in [2.45, 2.75) is 18.8 Å². The van der Waals surface area contributed by atoms with Gasteiger partial charge in [0.05, 0.1) is 0 Å². The molecule has 3 rings (SSSR count). The molecule has 6 heteroatoms. The van der Waals surface area contributed by atoms with Crippen molar-refractivity contribution >= 4 is 11.6 Å². The molecule has 1 atom stereocenters. The predicted octanol–water partition coefficient (Wildman–Crippen LogP) is 1.18. The number of nitrogens with two attached hydrogens (primary N) is 1. The topological polar surface area (TPSA) is 72.9 Å². The summed E-state index contributed by atoms with van der Waals surface area (Å²) in [5.41, 5.74) is 7.01. The zero-order valence-corrected chi connectivity index (χ0v) is 11.0. The molecular weight excluding hydrogens is 240 g/mol. The van der Waals surface area contributed by atoms with Crippen molar-refractivity contribution in [3.63, 3.8) is 0 Å². The third kappa shape index (κ3) is 2.38. The van der Waals surface area contributed by atoms with Crippen LogP contribution >= 0.6 is 0 Å². The summed E-state index contributed by atoms with van der Waals surface area (Å²) >= 11 is 0. The van der Waals surface area contributed by atoms with Crippen molar-refractivity contribution in [3.8, 4) is 0 Å². The van der Waals surface area contributed by atoms with Crippen LogP contribution in [0.15, 0.2) is 24.7 Å². The van der Waals surface area contributed by atoms with Gasteiger partial charge in [-0.05, 0) is 18.9 Å². The molecule has 1 unspecified atom stereocenters. The number of hydrogen-bond donors (Lipinski definition) is 1. The Balaban J connectivity index is 1.80. The first-order valence-corrected chi connectivity index (χ1v) is 6.54. The molecule has 3 heterocycles. The average molecular weight is 258 g/mol. The molecule has 0 amide bonds. The van der Waals surface area contributed by atoms with Crippen molar-refractivity contribution in [2.75, 3.05) is 23.7 Å². The minimum Gasteiger partial charge on any atom is -0.384 e. The van der Waals surface area contributed by atoms with Crippen molar-refractivity contribution in [1.82, 2.24) is 19.7 Å². The van der Waals surface area contributed by atoms with Crippen LogP contribution in [0.3, 0.4) is 0 Å². The number of anilines is 2. The van der Waals surface area contributed by atoms with Crippen molar-refractivity contribution in [2.24, 2.45) is 7.05 Å². The highest BCUT2D eigenvalue weighted by molar-refractivity contribution is 5.46. The molecule has 0 aliphatic carbocycles. The van der Waals surface area contributed by atoms with Crippen LogP contribution < -0.4 is 10.6 Å². The summed E-state index contributed by atoms with van der Waals surface area (Å²) < 4.78 is 1.96. The van der Waals surface area contributed by atoms with E-state index in [-0.39, 0.29) is 0 Å². The lowest BCUT2D eigenvalue weighted by Gasteiger charge is -2.33. The van der Waals surface area contributed by atoms with E-state index in [4.69, 9.17) is 5.73 Å². The molecule has 0 saturated carbocycles. The monoisotopic (exact) mass is 258 g/mol. The molecule has 6 nitrogen and oxygen atoms in total. The van der Waals surface area contributed by atoms with Gasteiger partial charge in [0, 0.05) is 44.0 Å². The maximum absolute atomic E-state index is 5.73. The maximum atomic E-state index is 5.73. The first-order chi connectivity index (χ1) is 9.24. The molecule has 19 heavy (non-hydrogen) atoms. The van der Waals surface area contributed by atoms with Gasteiger partial charge in [0.1, 0.15) is 18.0 Å². The van der Waals surface area contributed by atoms with Crippen LogP contribution in [0.5, 0.6) is 0 Å².